The summed E-state index contributed by atoms with van der Waals surface area (Å²) >= 11 is 0. The van der Waals surface area contributed by atoms with Gasteiger partial charge >= 0.3 is 0 Å². The standard InChI is InChI=1S/C19H32O4S/c1-3-5-7-10-17-12-13-19(18(16-17)11-8-6-4-2)23-14-9-15-24(20,21)22/h12-13,16H,3-11,14-15H2,1-2H3,(H,20,21,22). The van der Waals surface area contributed by atoms with Gasteiger partial charge in [0.25, 0.3) is 10.1 Å². The van der Waals surface area contributed by atoms with Crippen LogP contribution < -0.4 is 4.74 Å². The molecule has 0 saturated carbocycles. The molecule has 0 aliphatic carbocycles. The molecule has 0 bridgehead atoms. The molecule has 0 unspecified atom stereocenters. The van der Waals surface area contributed by atoms with Gasteiger partial charge in [-0.2, -0.15) is 8.42 Å². The summed E-state index contributed by atoms with van der Waals surface area (Å²) in [7, 11) is -3.91. The average molecular weight is 357 g/mol. The predicted molar refractivity (Wildman–Crippen MR) is 99.4 cm³/mol. The molecular weight excluding hydrogens is 324 g/mol. The highest BCUT2D eigenvalue weighted by Crippen LogP contribution is 2.24. The molecule has 0 aliphatic rings. The normalized spacial score (nSPS) is 11.6. The van der Waals surface area contributed by atoms with E-state index in [1.807, 2.05) is 6.07 Å². The van der Waals surface area contributed by atoms with Crippen molar-refractivity contribution in [1.82, 2.24) is 0 Å². The molecule has 0 atom stereocenters. The van der Waals surface area contributed by atoms with Crippen LogP contribution in [0.2, 0.25) is 0 Å². The van der Waals surface area contributed by atoms with Gasteiger partial charge < -0.3 is 4.74 Å². The summed E-state index contributed by atoms with van der Waals surface area (Å²) in [6.45, 7) is 4.70. The van der Waals surface area contributed by atoms with Gasteiger partial charge in [-0.25, -0.2) is 0 Å². The summed E-state index contributed by atoms with van der Waals surface area (Å²) in [5.74, 6) is 0.591. The van der Waals surface area contributed by atoms with E-state index in [0.29, 0.717) is 13.0 Å². The third kappa shape index (κ3) is 9.28. The largest absolute Gasteiger partial charge is 0.493 e. The zero-order valence-electron chi connectivity index (χ0n) is 15.1. The van der Waals surface area contributed by atoms with Gasteiger partial charge in [-0.15, -0.1) is 0 Å². The minimum atomic E-state index is -3.91. The number of rotatable bonds is 13. The summed E-state index contributed by atoms with van der Waals surface area (Å²) in [5, 5.41) is 0. The van der Waals surface area contributed by atoms with Crippen LogP contribution in [0.15, 0.2) is 18.2 Å². The smallest absolute Gasteiger partial charge is 0.264 e. The summed E-state index contributed by atoms with van der Waals surface area (Å²) in [6, 6.07) is 6.36. The van der Waals surface area contributed by atoms with Crippen molar-refractivity contribution in [2.24, 2.45) is 0 Å². The predicted octanol–water partition coefficient (Wildman–Crippen LogP) is 4.81. The van der Waals surface area contributed by atoms with Crippen LogP contribution in [0.25, 0.3) is 0 Å². The molecule has 0 heterocycles. The van der Waals surface area contributed by atoms with E-state index < -0.39 is 10.1 Å². The molecule has 138 valence electrons. The minimum absolute atomic E-state index is 0.257. The van der Waals surface area contributed by atoms with Crippen molar-refractivity contribution in [3.63, 3.8) is 0 Å². The maximum atomic E-state index is 10.8. The lowest BCUT2D eigenvalue weighted by molar-refractivity contribution is 0.312. The quantitative estimate of drug-likeness (QED) is 0.407. The fraction of sp³-hybridized carbons (Fsp3) is 0.684. The summed E-state index contributed by atoms with van der Waals surface area (Å²) in [5.41, 5.74) is 2.56. The number of hydrogen-bond donors (Lipinski definition) is 1. The first-order chi connectivity index (χ1) is 11.5. The molecule has 1 N–H and O–H groups in total. The van der Waals surface area contributed by atoms with Gasteiger partial charge in [0.1, 0.15) is 5.75 Å². The Kier molecular flexibility index (Phi) is 10.0. The molecular formula is C19H32O4S. The summed E-state index contributed by atoms with van der Waals surface area (Å²) < 4.78 is 36.0. The topological polar surface area (TPSA) is 63.6 Å². The average Bonchev–Trinajstić information content (AvgIpc) is 2.52. The molecule has 1 aromatic rings. The van der Waals surface area contributed by atoms with E-state index in [2.05, 4.69) is 26.0 Å². The summed E-state index contributed by atoms with van der Waals surface area (Å²) in [4.78, 5) is 0. The van der Waals surface area contributed by atoms with Crippen molar-refractivity contribution in [1.29, 1.82) is 0 Å². The first kappa shape index (κ1) is 21.0. The van der Waals surface area contributed by atoms with Crippen LogP contribution in [0.5, 0.6) is 5.75 Å². The van der Waals surface area contributed by atoms with Gasteiger partial charge in [-0.3, -0.25) is 4.55 Å². The third-order valence-electron chi connectivity index (χ3n) is 4.05. The van der Waals surface area contributed by atoms with E-state index in [4.69, 9.17) is 9.29 Å². The van der Waals surface area contributed by atoms with Gasteiger partial charge in [-0.05, 0) is 49.3 Å². The Hall–Kier alpha value is -1.07. The van der Waals surface area contributed by atoms with Crippen LogP contribution in [0.3, 0.4) is 0 Å². The highest BCUT2D eigenvalue weighted by molar-refractivity contribution is 7.85. The number of hydrogen-bond acceptors (Lipinski definition) is 3. The molecule has 5 heteroatoms. The third-order valence-corrected chi connectivity index (χ3v) is 4.85. The Morgan fingerprint density at radius 3 is 2.25 bits per heavy atom. The highest BCUT2D eigenvalue weighted by atomic mass is 32.2. The molecule has 0 aromatic heterocycles. The molecule has 0 aliphatic heterocycles. The van der Waals surface area contributed by atoms with Gasteiger partial charge in [-0.1, -0.05) is 51.7 Å². The lowest BCUT2D eigenvalue weighted by Gasteiger charge is -2.13. The Bertz CT molecular complexity index is 567. The van der Waals surface area contributed by atoms with Gasteiger partial charge in [0, 0.05) is 0 Å². The fourth-order valence-corrected chi connectivity index (χ4v) is 3.18. The molecule has 0 saturated heterocycles. The van der Waals surface area contributed by atoms with E-state index in [1.54, 1.807) is 0 Å². The number of aryl methyl sites for hydroxylation is 2. The second-order valence-electron chi connectivity index (χ2n) is 6.34. The van der Waals surface area contributed by atoms with Crippen LogP contribution >= 0.6 is 0 Å². The first-order valence-electron chi connectivity index (χ1n) is 9.16. The van der Waals surface area contributed by atoms with Crippen molar-refractivity contribution in [2.45, 2.75) is 71.6 Å². The fourth-order valence-electron chi connectivity index (χ4n) is 2.69. The van der Waals surface area contributed by atoms with E-state index in [9.17, 15) is 8.42 Å². The number of benzene rings is 1. The van der Waals surface area contributed by atoms with E-state index in [-0.39, 0.29) is 5.75 Å². The van der Waals surface area contributed by atoms with Crippen LogP contribution in [0.1, 0.15) is 69.9 Å². The Morgan fingerprint density at radius 1 is 0.958 bits per heavy atom. The molecule has 4 nitrogen and oxygen atoms in total. The molecule has 24 heavy (non-hydrogen) atoms. The molecule has 0 amide bonds. The lowest BCUT2D eigenvalue weighted by atomic mass is 10.0. The minimum Gasteiger partial charge on any atom is -0.493 e. The van der Waals surface area contributed by atoms with Gasteiger partial charge in [0.2, 0.25) is 0 Å². The first-order valence-corrected chi connectivity index (χ1v) is 10.8. The Morgan fingerprint density at radius 2 is 1.62 bits per heavy atom. The molecule has 0 fully saturated rings. The Balaban J connectivity index is 2.65. The molecule has 0 spiro atoms. The monoisotopic (exact) mass is 356 g/mol. The second-order valence-corrected chi connectivity index (χ2v) is 7.92. The van der Waals surface area contributed by atoms with Gasteiger partial charge in [0.05, 0.1) is 12.4 Å². The van der Waals surface area contributed by atoms with Crippen LogP contribution in [0, 0.1) is 0 Å². The van der Waals surface area contributed by atoms with Crippen molar-refractivity contribution in [2.75, 3.05) is 12.4 Å². The van der Waals surface area contributed by atoms with Crippen molar-refractivity contribution < 1.29 is 17.7 Å². The Labute approximate surface area is 147 Å². The number of unbranched alkanes of at least 4 members (excludes halogenated alkanes) is 4. The molecule has 0 radical (unpaired) electrons. The van der Waals surface area contributed by atoms with E-state index in [1.165, 1.54) is 43.2 Å². The SMILES string of the molecule is CCCCCc1ccc(OCCCS(=O)(=O)O)c(CCCCC)c1. The van der Waals surface area contributed by atoms with Crippen molar-refractivity contribution >= 4 is 10.1 Å². The highest BCUT2D eigenvalue weighted by Gasteiger charge is 2.08. The maximum Gasteiger partial charge on any atom is 0.264 e. The van der Waals surface area contributed by atoms with Crippen LogP contribution in [-0.4, -0.2) is 25.3 Å². The maximum absolute atomic E-state index is 10.8. The lowest BCUT2D eigenvalue weighted by Crippen LogP contribution is -2.09. The zero-order valence-corrected chi connectivity index (χ0v) is 15.9. The van der Waals surface area contributed by atoms with Crippen LogP contribution in [-0.2, 0) is 23.0 Å². The van der Waals surface area contributed by atoms with Gasteiger partial charge in [0.15, 0.2) is 0 Å². The van der Waals surface area contributed by atoms with Crippen LogP contribution in [0.4, 0.5) is 0 Å². The van der Waals surface area contributed by atoms with E-state index >= 15 is 0 Å². The second kappa shape index (κ2) is 11.5. The van der Waals surface area contributed by atoms with E-state index in [0.717, 1.165) is 25.0 Å². The summed E-state index contributed by atoms with van der Waals surface area (Å²) in [6.07, 6.45) is 9.57. The molecule has 1 aromatic carbocycles. The van der Waals surface area contributed by atoms with Crippen molar-refractivity contribution in [3.05, 3.63) is 29.3 Å². The molecule has 1 rings (SSSR count). The number of ether oxygens (including phenoxy) is 1. The van der Waals surface area contributed by atoms with Crippen molar-refractivity contribution in [3.8, 4) is 5.75 Å². The zero-order chi connectivity index (χ0) is 17.8.